The van der Waals surface area contributed by atoms with E-state index in [0.717, 1.165) is 11.1 Å². The number of hydrogen-bond acceptors (Lipinski definition) is 9. The van der Waals surface area contributed by atoms with Crippen molar-refractivity contribution in [2.24, 2.45) is 0 Å². The summed E-state index contributed by atoms with van der Waals surface area (Å²) in [7, 11) is -3.82. The van der Waals surface area contributed by atoms with Crippen LogP contribution in [0.3, 0.4) is 0 Å². The van der Waals surface area contributed by atoms with Crippen molar-refractivity contribution in [3.63, 3.8) is 0 Å². The Balaban J connectivity index is 1.12. The van der Waals surface area contributed by atoms with Crippen molar-refractivity contribution in [2.45, 2.75) is 17.4 Å². The monoisotopic (exact) mass is 574 g/mol. The lowest BCUT2D eigenvalue weighted by atomic mass is 10.1. The van der Waals surface area contributed by atoms with Crippen LogP contribution in [0, 0.1) is 5.82 Å². The molecule has 210 valence electrons. The van der Waals surface area contributed by atoms with Crippen molar-refractivity contribution in [3.05, 3.63) is 114 Å². The topological polar surface area (TPSA) is 142 Å². The highest BCUT2D eigenvalue weighted by atomic mass is 32.2. The van der Waals surface area contributed by atoms with E-state index in [9.17, 15) is 17.9 Å². The number of halogens is 1. The fourth-order valence-corrected chi connectivity index (χ4v) is 5.01. The molecule has 2 aromatic heterocycles. The normalized spacial score (nSPS) is 12.1. The summed E-state index contributed by atoms with van der Waals surface area (Å²) in [5, 5.41) is 20.2. The fraction of sp³-hybridized carbons (Fsp3) is 0.138. The largest absolute Gasteiger partial charge is 0.387 e. The summed E-state index contributed by atoms with van der Waals surface area (Å²) in [6.45, 7) is 1.06. The fourth-order valence-electron chi connectivity index (χ4n) is 3.95. The molecule has 0 spiro atoms. The van der Waals surface area contributed by atoms with Crippen molar-refractivity contribution in [1.29, 1.82) is 0 Å². The van der Waals surface area contributed by atoms with E-state index in [1.807, 2.05) is 18.2 Å². The molecule has 0 aliphatic heterocycles. The van der Waals surface area contributed by atoms with Crippen molar-refractivity contribution in [2.75, 3.05) is 23.1 Å². The second-order valence-electron chi connectivity index (χ2n) is 9.14. The smallest absolute Gasteiger partial charge is 0.326 e. The first-order valence-corrected chi connectivity index (χ1v) is 14.2. The minimum absolute atomic E-state index is 0.0786. The molecule has 4 N–H and O–H groups in total. The van der Waals surface area contributed by atoms with Crippen molar-refractivity contribution >= 4 is 27.4 Å². The van der Waals surface area contributed by atoms with Gasteiger partial charge in [-0.05, 0) is 85.3 Å². The van der Waals surface area contributed by atoms with Crippen LogP contribution in [-0.2, 0) is 16.4 Å². The molecule has 0 aliphatic rings. The van der Waals surface area contributed by atoms with Gasteiger partial charge in [-0.2, -0.15) is 4.98 Å². The van der Waals surface area contributed by atoms with Gasteiger partial charge < -0.3 is 20.3 Å². The molecule has 1 atom stereocenters. The van der Waals surface area contributed by atoms with Crippen LogP contribution in [0.5, 0.6) is 0 Å². The number of hydrogen-bond donors (Lipinski definition) is 4. The third-order valence-electron chi connectivity index (χ3n) is 6.15. The highest BCUT2D eigenvalue weighted by Gasteiger charge is 2.16. The number of nitrogens with one attached hydrogen (secondary N) is 3. The lowest BCUT2D eigenvalue weighted by Crippen LogP contribution is -2.23. The lowest BCUT2D eigenvalue weighted by molar-refractivity contribution is 0.174. The SMILES string of the molecule is O=S(=O)(Nc1ccc(CCNC[C@H](O)c2cccnc2)cc1)c1ccc(-c2noc(Nc3ccc(F)cc3)n2)cc1. The summed E-state index contributed by atoms with van der Waals surface area (Å²) in [5.41, 5.74) is 3.36. The van der Waals surface area contributed by atoms with E-state index in [0.29, 0.717) is 36.4 Å². The Morgan fingerprint density at radius 2 is 1.66 bits per heavy atom. The van der Waals surface area contributed by atoms with Crippen molar-refractivity contribution in [3.8, 4) is 11.4 Å². The van der Waals surface area contributed by atoms with Gasteiger partial charge in [-0.3, -0.25) is 9.71 Å². The second kappa shape index (κ2) is 12.7. The molecule has 0 unspecified atom stereocenters. The van der Waals surface area contributed by atoms with Crippen LogP contribution < -0.4 is 15.4 Å². The molecule has 12 heteroatoms. The third kappa shape index (κ3) is 7.51. The molecule has 0 aliphatic carbocycles. The maximum atomic E-state index is 13.1. The molecule has 0 fully saturated rings. The number of sulfonamides is 1. The summed E-state index contributed by atoms with van der Waals surface area (Å²) in [5.74, 6) is -0.0922. The van der Waals surface area contributed by atoms with Gasteiger partial charge in [0.2, 0.25) is 5.82 Å². The third-order valence-corrected chi connectivity index (χ3v) is 7.55. The molecule has 3 aromatic carbocycles. The van der Waals surface area contributed by atoms with Crippen LogP contribution in [0.25, 0.3) is 11.4 Å². The Hall–Kier alpha value is -4.65. The van der Waals surface area contributed by atoms with E-state index in [2.05, 4.69) is 30.5 Å². The summed E-state index contributed by atoms with van der Waals surface area (Å²) in [6, 6.07) is 22.6. The number of aliphatic hydroxyl groups is 1. The van der Waals surface area contributed by atoms with Gasteiger partial charge in [0.05, 0.1) is 11.0 Å². The predicted octanol–water partition coefficient (Wildman–Crippen LogP) is 4.68. The lowest BCUT2D eigenvalue weighted by Gasteiger charge is -2.12. The molecule has 5 rings (SSSR count). The molecule has 0 bridgehead atoms. The number of aromatic nitrogens is 3. The number of rotatable bonds is 12. The second-order valence-corrected chi connectivity index (χ2v) is 10.8. The molecular formula is C29H27FN6O4S. The Labute approximate surface area is 236 Å². The zero-order valence-corrected chi connectivity index (χ0v) is 22.6. The first-order chi connectivity index (χ1) is 19.9. The number of anilines is 3. The van der Waals surface area contributed by atoms with E-state index >= 15 is 0 Å². The Kier molecular flexibility index (Phi) is 8.63. The van der Waals surface area contributed by atoms with Crippen LogP contribution in [0.2, 0.25) is 0 Å². The van der Waals surface area contributed by atoms with Gasteiger partial charge in [0.1, 0.15) is 5.82 Å². The minimum atomic E-state index is -3.82. The van der Waals surface area contributed by atoms with E-state index in [1.165, 1.54) is 36.4 Å². The zero-order valence-electron chi connectivity index (χ0n) is 21.7. The van der Waals surface area contributed by atoms with Crippen molar-refractivity contribution in [1.82, 2.24) is 20.4 Å². The Bertz CT molecular complexity index is 1660. The van der Waals surface area contributed by atoms with Gasteiger partial charge in [-0.25, -0.2) is 12.8 Å². The van der Waals surface area contributed by atoms with Crippen LogP contribution >= 0.6 is 0 Å². The minimum Gasteiger partial charge on any atom is -0.387 e. The van der Waals surface area contributed by atoms with E-state index in [1.54, 1.807) is 42.7 Å². The summed E-state index contributed by atoms with van der Waals surface area (Å²) < 4.78 is 46.7. The van der Waals surface area contributed by atoms with E-state index in [-0.39, 0.29) is 22.6 Å². The van der Waals surface area contributed by atoms with E-state index in [4.69, 9.17) is 4.52 Å². The highest BCUT2D eigenvalue weighted by molar-refractivity contribution is 7.92. The van der Waals surface area contributed by atoms with Crippen molar-refractivity contribution < 1.29 is 22.4 Å². The van der Waals surface area contributed by atoms with Gasteiger partial charge in [0.15, 0.2) is 0 Å². The van der Waals surface area contributed by atoms with Gasteiger partial charge in [-0.15, -0.1) is 0 Å². The molecule has 0 saturated carbocycles. The van der Waals surface area contributed by atoms with Crippen LogP contribution in [0.1, 0.15) is 17.2 Å². The molecule has 10 nitrogen and oxygen atoms in total. The Morgan fingerprint density at radius 1 is 0.927 bits per heavy atom. The molecule has 2 heterocycles. The summed E-state index contributed by atoms with van der Waals surface area (Å²) in [4.78, 5) is 8.34. The summed E-state index contributed by atoms with van der Waals surface area (Å²) >= 11 is 0. The molecule has 5 aromatic rings. The highest BCUT2D eigenvalue weighted by Crippen LogP contribution is 2.23. The van der Waals surface area contributed by atoms with Crippen LogP contribution in [0.15, 0.2) is 107 Å². The van der Waals surface area contributed by atoms with Gasteiger partial charge in [0, 0.05) is 41.4 Å². The number of nitrogens with zero attached hydrogens (tertiary/aromatic N) is 3. The maximum absolute atomic E-state index is 13.1. The molecule has 0 radical (unpaired) electrons. The number of pyridine rings is 1. The number of benzene rings is 3. The average Bonchev–Trinajstić information content (AvgIpc) is 3.46. The van der Waals surface area contributed by atoms with E-state index < -0.39 is 16.1 Å². The molecule has 0 amide bonds. The van der Waals surface area contributed by atoms with Gasteiger partial charge in [-0.1, -0.05) is 23.4 Å². The maximum Gasteiger partial charge on any atom is 0.326 e. The van der Waals surface area contributed by atoms with Crippen LogP contribution in [-0.4, -0.2) is 41.7 Å². The predicted molar refractivity (Wildman–Crippen MR) is 152 cm³/mol. The molecule has 0 saturated heterocycles. The quantitative estimate of drug-likeness (QED) is 0.156. The van der Waals surface area contributed by atoms with Gasteiger partial charge in [0.25, 0.3) is 10.0 Å². The zero-order chi connectivity index (χ0) is 28.7. The number of aliphatic hydroxyl groups excluding tert-OH is 1. The molecule has 41 heavy (non-hydrogen) atoms. The average molecular weight is 575 g/mol. The summed E-state index contributed by atoms with van der Waals surface area (Å²) in [6.07, 6.45) is 3.38. The Morgan fingerprint density at radius 3 is 2.37 bits per heavy atom. The van der Waals surface area contributed by atoms with Crippen LogP contribution in [0.4, 0.5) is 21.8 Å². The molecular weight excluding hydrogens is 547 g/mol. The first-order valence-electron chi connectivity index (χ1n) is 12.7. The standard InChI is InChI=1S/C29H27FN6O4S/c30-23-7-11-24(12-8-23)33-29-34-28(35-40-29)21-5-13-26(14-6-21)41(38,39)36-25-9-3-20(4-10-25)15-17-32-19-27(37)22-2-1-16-31-18-22/h1-14,16,18,27,32,36-37H,15,17,19H2,(H,33,34,35)/t27-/m0/s1. The first kappa shape index (κ1) is 27.9. The van der Waals surface area contributed by atoms with Gasteiger partial charge >= 0.3 is 6.01 Å².